The maximum atomic E-state index is 13.3. The third-order valence-corrected chi connectivity index (χ3v) is 8.13. The summed E-state index contributed by atoms with van der Waals surface area (Å²) >= 11 is 3.47. The van der Waals surface area contributed by atoms with Gasteiger partial charge in [-0.15, -0.1) is 0 Å². The number of carbonyl (C=O) groups is 2. The minimum atomic E-state index is -0.248. The average molecular weight is 563 g/mol. The van der Waals surface area contributed by atoms with E-state index in [-0.39, 0.29) is 29.3 Å². The molecule has 192 valence electrons. The van der Waals surface area contributed by atoms with Crippen LogP contribution in [0.15, 0.2) is 69.9 Å². The first-order valence-electron chi connectivity index (χ1n) is 12.8. The Kier molecular flexibility index (Phi) is 7.20. The SMILES string of the molecule is CC[C@@H](C)NC(=O)c1ccc(N2C[C@H]3C[C@@H](C2)c2cccc(=O)n2C3)c(NC(=O)c2ccccc2Br)c1. The van der Waals surface area contributed by atoms with E-state index in [2.05, 4.69) is 31.5 Å². The highest BCUT2D eigenvalue weighted by molar-refractivity contribution is 9.10. The van der Waals surface area contributed by atoms with Crippen molar-refractivity contribution in [2.24, 2.45) is 5.92 Å². The number of halogens is 1. The van der Waals surface area contributed by atoms with Gasteiger partial charge in [0.1, 0.15) is 0 Å². The summed E-state index contributed by atoms with van der Waals surface area (Å²) in [5.74, 6) is 0.136. The van der Waals surface area contributed by atoms with Crippen LogP contribution in [0.2, 0.25) is 0 Å². The molecule has 7 nitrogen and oxygen atoms in total. The Morgan fingerprint density at radius 1 is 1.03 bits per heavy atom. The van der Waals surface area contributed by atoms with Gasteiger partial charge in [0.2, 0.25) is 0 Å². The van der Waals surface area contributed by atoms with Crippen LogP contribution < -0.4 is 21.1 Å². The van der Waals surface area contributed by atoms with Gasteiger partial charge in [0.15, 0.2) is 0 Å². The highest BCUT2D eigenvalue weighted by Gasteiger charge is 2.35. The second kappa shape index (κ2) is 10.5. The number of fused-ring (bicyclic) bond motifs is 4. The summed E-state index contributed by atoms with van der Waals surface area (Å²) in [7, 11) is 0. The number of hydrogen-bond acceptors (Lipinski definition) is 4. The van der Waals surface area contributed by atoms with Crippen molar-refractivity contribution in [1.82, 2.24) is 9.88 Å². The van der Waals surface area contributed by atoms with Gasteiger partial charge < -0.3 is 20.1 Å². The molecule has 2 aliphatic heterocycles. The lowest BCUT2D eigenvalue weighted by atomic mass is 9.83. The van der Waals surface area contributed by atoms with Crippen molar-refractivity contribution in [2.75, 3.05) is 23.3 Å². The second-order valence-electron chi connectivity index (χ2n) is 10.1. The number of amides is 2. The molecule has 2 N–H and O–H groups in total. The summed E-state index contributed by atoms with van der Waals surface area (Å²) < 4.78 is 2.61. The normalized spacial score (nSPS) is 19.1. The fourth-order valence-corrected chi connectivity index (χ4v) is 5.86. The van der Waals surface area contributed by atoms with Gasteiger partial charge in [-0.3, -0.25) is 14.4 Å². The van der Waals surface area contributed by atoms with E-state index in [1.165, 1.54) is 0 Å². The van der Waals surface area contributed by atoms with Gasteiger partial charge in [-0.25, -0.2) is 0 Å². The number of pyridine rings is 1. The first-order chi connectivity index (χ1) is 17.8. The van der Waals surface area contributed by atoms with E-state index < -0.39 is 0 Å². The third-order valence-electron chi connectivity index (χ3n) is 7.44. The molecular formula is C29H31BrN4O3. The lowest BCUT2D eigenvalue weighted by molar-refractivity contribution is 0.0938. The number of piperidine rings is 1. The Labute approximate surface area is 225 Å². The first-order valence-corrected chi connectivity index (χ1v) is 13.6. The summed E-state index contributed by atoms with van der Waals surface area (Å²) in [6.45, 7) is 6.19. The molecule has 0 spiro atoms. The fourth-order valence-electron chi connectivity index (χ4n) is 5.39. The van der Waals surface area contributed by atoms with E-state index in [0.717, 1.165) is 37.3 Å². The van der Waals surface area contributed by atoms with Crippen LogP contribution in [0, 0.1) is 5.92 Å². The third kappa shape index (κ3) is 5.21. The smallest absolute Gasteiger partial charge is 0.256 e. The number of hydrogen-bond donors (Lipinski definition) is 2. The molecule has 0 unspecified atom stereocenters. The summed E-state index contributed by atoms with van der Waals surface area (Å²) in [6.07, 6.45) is 1.87. The Morgan fingerprint density at radius 3 is 2.62 bits per heavy atom. The van der Waals surface area contributed by atoms with Crippen LogP contribution in [-0.4, -0.2) is 35.5 Å². The van der Waals surface area contributed by atoms with Crippen LogP contribution in [0.3, 0.4) is 0 Å². The van der Waals surface area contributed by atoms with Crippen molar-refractivity contribution in [3.05, 3.63) is 92.3 Å². The van der Waals surface area contributed by atoms with Gasteiger partial charge in [-0.05, 0) is 78.0 Å². The van der Waals surface area contributed by atoms with E-state index in [0.29, 0.717) is 33.7 Å². The van der Waals surface area contributed by atoms with Crippen molar-refractivity contribution < 1.29 is 9.59 Å². The largest absolute Gasteiger partial charge is 0.369 e. The summed E-state index contributed by atoms with van der Waals surface area (Å²) in [6, 6.07) is 18.4. The predicted molar refractivity (Wildman–Crippen MR) is 150 cm³/mol. The Morgan fingerprint density at radius 2 is 1.84 bits per heavy atom. The van der Waals surface area contributed by atoms with Crippen LogP contribution in [0.25, 0.3) is 0 Å². The van der Waals surface area contributed by atoms with E-state index in [9.17, 15) is 14.4 Å². The van der Waals surface area contributed by atoms with Gasteiger partial charge >= 0.3 is 0 Å². The molecule has 3 aromatic rings. The monoisotopic (exact) mass is 562 g/mol. The van der Waals surface area contributed by atoms with E-state index in [1.807, 2.05) is 60.9 Å². The molecule has 2 aromatic carbocycles. The first kappa shape index (κ1) is 25.3. The van der Waals surface area contributed by atoms with Crippen molar-refractivity contribution in [2.45, 2.75) is 45.2 Å². The molecule has 2 amide bonds. The topological polar surface area (TPSA) is 83.4 Å². The highest BCUT2D eigenvalue weighted by atomic mass is 79.9. The fraction of sp³-hybridized carbons (Fsp3) is 0.345. The Bertz CT molecular complexity index is 1400. The highest BCUT2D eigenvalue weighted by Crippen LogP contribution is 2.39. The Hall–Kier alpha value is -3.39. The van der Waals surface area contributed by atoms with E-state index >= 15 is 0 Å². The standard InChI is InChI=1S/C29H31BrN4O3/c1-3-18(2)31-28(36)20-11-12-26(24(14-20)32-29(37)22-7-4-5-8-23(22)30)33-15-19-13-21(17-33)25-9-6-10-27(35)34(25)16-19/h4-12,14,18-19,21H,3,13,15-17H2,1-2H3,(H,31,36)(H,32,37)/t18-,19-,21+/m1/s1. The predicted octanol–water partition coefficient (Wildman–Crippen LogP) is 5.02. The summed E-state index contributed by atoms with van der Waals surface area (Å²) in [5, 5.41) is 6.09. The van der Waals surface area contributed by atoms with Gasteiger partial charge in [-0.2, -0.15) is 0 Å². The molecule has 3 heterocycles. The zero-order valence-electron chi connectivity index (χ0n) is 21.0. The number of nitrogens with one attached hydrogen (secondary N) is 2. The molecule has 5 rings (SSSR count). The van der Waals surface area contributed by atoms with Gasteiger partial charge in [-0.1, -0.05) is 25.1 Å². The number of rotatable bonds is 6. The van der Waals surface area contributed by atoms with E-state index in [1.54, 1.807) is 18.2 Å². The molecule has 2 bridgehead atoms. The zero-order chi connectivity index (χ0) is 26.1. The molecule has 1 fully saturated rings. The maximum Gasteiger partial charge on any atom is 0.256 e. The minimum Gasteiger partial charge on any atom is -0.369 e. The molecule has 1 aromatic heterocycles. The summed E-state index contributed by atoms with van der Waals surface area (Å²) in [4.78, 5) is 40.9. The number of aromatic nitrogens is 1. The molecule has 3 atom stereocenters. The molecule has 8 heteroatoms. The quantitative estimate of drug-likeness (QED) is 0.442. The maximum absolute atomic E-state index is 13.3. The lowest BCUT2D eigenvalue weighted by Crippen LogP contribution is -2.47. The molecule has 0 aliphatic carbocycles. The average Bonchev–Trinajstić information content (AvgIpc) is 2.89. The number of anilines is 2. The van der Waals surface area contributed by atoms with Gasteiger partial charge in [0.25, 0.3) is 17.4 Å². The molecule has 0 radical (unpaired) electrons. The van der Waals surface area contributed by atoms with Gasteiger partial charge in [0, 0.05) is 53.4 Å². The summed E-state index contributed by atoms with van der Waals surface area (Å²) in [5.41, 5.74) is 3.62. The second-order valence-corrected chi connectivity index (χ2v) is 10.9. The van der Waals surface area contributed by atoms with Crippen LogP contribution in [0.4, 0.5) is 11.4 Å². The number of benzene rings is 2. The van der Waals surface area contributed by atoms with Crippen LogP contribution in [0.5, 0.6) is 0 Å². The van der Waals surface area contributed by atoms with E-state index in [4.69, 9.17) is 0 Å². The van der Waals surface area contributed by atoms with Crippen molar-refractivity contribution in [1.29, 1.82) is 0 Å². The van der Waals surface area contributed by atoms with Gasteiger partial charge in [0.05, 0.1) is 16.9 Å². The molecule has 37 heavy (non-hydrogen) atoms. The van der Waals surface area contributed by atoms with Crippen molar-refractivity contribution >= 4 is 39.1 Å². The van der Waals surface area contributed by atoms with Crippen molar-refractivity contribution in [3.8, 4) is 0 Å². The van der Waals surface area contributed by atoms with Crippen LogP contribution >= 0.6 is 15.9 Å². The van der Waals surface area contributed by atoms with Crippen LogP contribution in [-0.2, 0) is 6.54 Å². The zero-order valence-corrected chi connectivity index (χ0v) is 22.6. The number of nitrogens with zero attached hydrogens (tertiary/aromatic N) is 2. The number of carbonyl (C=O) groups excluding carboxylic acids is 2. The minimum absolute atomic E-state index is 0.0513. The molecule has 1 saturated heterocycles. The molecular weight excluding hydrogens is 532 g/mol. The Balaban J connectivity index is 1.49. The van der Waals surface area contributed by atoms with Crippen LogP contribution in [0.1, 0.15) is 59.0 Å². The molecule has 2 aliphatic rings. The van der Waals surface area contributed by atoms with Crippen molar-refractivity contribution in [3.63, 3.8) is 0 Å². The molecule has 0 saturated carbocycles. The lowest BCUT2D eigenvalue weighted by Gasteiger charge is -2.44.